The van der Waals surface area contributed by atoms with E-state index in [1.165, 1.54) is 7.05 Å². The number of benzene rings is 2. The van der Waals surface area contributed by atoms with E-state index in [-0.39, 0.29) is 11.3 Å². The van der Waals surface area contributed by atoms with Crippen LogP contribution >= 0.6 is 0 Å². The monoisotopic (exact) mass is 394 g/mol. The Hall–Kier alpha value is -3.68. The molecule has 3 aromatic rings. The number of methoxy groups -OCH3 is 2. The molecule has 0 bridgehead atoms. The standard InChI is InChI=1S/C21H22N4O4/c1-5-16(13-10-11-17(28-3)18(12-13)29-4)22-23-20(26)19-14-8-6-7-9-15(14)21(27)25(2)24-19/h6-12H,5H2,1-4H3,(H,23,26)/b22-16+. The van der Waals surface area contributed by atoms with Crippen molar-refractivity contribution in [3.63, 3.8) is 0 Å². The molecule has 0 atom stereocenters. The minimum absolute atomic E-state index is 0.134. The Morgan fingerprint density at radius 3 is 2.45 bits per heavy atom. The van der Waals surface area contributed by atoms with E-state index >= 15 is 0 Å². The van der Waals surface area contributed by atoms with Gasteiger partial charge in [-0.2, -0.15) is 10.2 Å². The van der Waals surface area contributed by atoms with Crippen molar-refractivity contribution in [3.8, 4) is 11.5 Å². The lowest BCUT2D eigenvalue weighted by molar-refractivity contribution is 0.0949. The van der Waals surface area contributed by atoms with Crippen LogP contribution in [0.1, 0.15) is 29.4 Å². The van der Waals surface area contributed by atoms with Crippen LogP contribution in [0.5, 0.6) is 11.5 Å². The van der Waals surface area contributed by atoms with Crippen LogP contribution in [0.3, 0.4) is 0 Å². The van der Waals surface area contributed by atoms with Gasteiger partial charge in [0.2, 0.25) is 0 Å². The molecule has 1 amide bonds. The number of hydrogen-bond acceptors (Lipinski definition) is 6. The van der Waals surface area contributed by atoms with Crippen LogP contribution in [-0.4, -0.2) is 35.6 Å². The quantitative estimate of drug-likeness (QED) is 0.512. The number of hydrazone groups is 1. The first kappa shape index (κ1) is 20.1. The normalized spacial score (nSPS) is 11.4. The zero-order valence-electron chi connectivity index (χ0n) is 16.7. The van der Waals surface area contributed by atoms with Gasteiger partial charge in [0.1, 0.15) is 0 Å². The Kier molecular flexibility index (Phi) is 5.92. The zero-order valence-corrected chi connectivity index (χ0v) is 16.7. The molecule has 8 nitrogen and oxygen atoms in total. The maximum absolute atomic E-state index is 12.8. The Morgan fingerprint density at radius 2 is 1.79 bits per heavy atom. The summed E-state index contributed by atoms with van der Waals surface area (Å²) in [6.07, 6.45) is 0.581. The number of nitrogens with one attached hydrogen (secondary N) is 1. The minimum Gasteiger partial charge on any atom is -0.493 e. The van der Waals surface area contributed by atoms with Crippen LogP contribution in [0.15, 0.2) is 52.4 Å². The number of rotatable bonds is 6. The molecule has 0 saturated heterocycles. The third-order valence-electron chi connectivity index (χ3n) is 4.52. The van der Waals surface area contributed by atoms with Crippen molar-refractivity contribution in [1.82, 2.24) is 15.2 Å². The third-order valence-corrected chi connectivity index (χ3v) is 4.52. The van der Waals surface area contributed by atoms with Crippen molar-refractivity contribution in [2.45, 2.75) is 13.3 Å². The summed E-state index contributed by atoms with van der Waals surface area (Å²) in [4.78, 5) is 25.0. The third kappa shape index (κ3) is 3.96. The fraction of sp³-hybridized carbons (Fsp3) is 0.238. The first-order valence-electron chi connectivity index (χ1n) is 9.05. The van der Waals surface area contributed by atoms with E-state index in [9.17, 15) is 9.59 Å². The number of aryl methyl sites for hydroxylation is 1. The first-order valence-corrected chi connectivity index (χ1v) is 9.05. The van der Waals surface area contributed by atoms with Gasteiger partial charge in [-0.3, -0.25) is 9.59 Å². The Bertz CT molecular complexity index is 1150. The van der Waals surface area contributed by atoms with E-state index in [4.69, 9.17) is 9.47 Å². The second-order valence-electron chi connectivity index (χ2n) is 6.25. The van der Waals surface area contributed by atoms with Gasteiger partial charge in [-0.1, -0.05) is 25.1 Å². The number of nitrogens with zero attached hydrogens (tertiary/aromatic N) is 3. The maximum Gasteiger partial charge on any atom is 0.292 e. The van der Waals surface area contributed by atoms with Crippen molar-refractivity contribution in [1.29, 1.82) is 0 Å². The molecule has 0 aliphatic carbocycles. The topological polar surface area (TPSA) is 94.8 Å². The molecule has 0 unspecified atom stereocenters. The highest BCUT2D eigenvalue weighted by molar-refractivity contribution is 6.06. The van der Waals surface area contributed by atoms with Gasteiger partial charge in [-0.25, -0.2) is 10.1 Å². The molecular weight excluding hydrogens is 372 g/mol. The molecule has 0 saturated carbocycles. The molecule has 2 aromatic carbocycles. The second-order valence-corrected chi connectivity index (χ2v) is 6.25. The van der Waals surface area contributed by atoms with Crippen LogP contribution in [0, 0.1) is 0 Å². The fourth-order valence-corrected chi connectivity index (χ4v) is 3.00. The highest BCUT2D eigenvalue weighted by Gasteiger charge is 2.16. The molecule has 8 heteroatoms. The number of carbonyl (C=O) groups excluding carboxylic acids is 1. The molecule has 29 heavy (non-hydrogen) atoms. The average Bonchev–Trinajstić information content (AvgIpc) is 2.76. The second kappa shape index (κ2) is 8.55. The summed E-state index contributed by atoms with van der Waals surface area (Å²) in [6.45, 7) is 1.93. The smallest absolute Gasteiger partial charge is 0.292 e. The molecule has 0 fully saturated rings. The van der Waals surface area contributed by atoms with Crippen molar-refractivity contribution in [2.24, 2.45) is 12.1 Å². The molecule has 0 spiro atoms. The Balaban J connectivity index is 1.95. The molecule has 150 valence electrons. The average molecular weight is 394 g/mol. The van der Waals surface area contributed by atoms with Crippen LogP contribution in [0.4, 0.5) is 0 Å². The lowest BCUT2D eigenvalue weighted by atomic mass is 10.1. The van der Waals surface area contributed by atoms with Gasteiger partial charge < -0.3 is 9.47 Å². The van der Waals surface area contributed by atoms with Gasteiger partial charge in [0, 0.05) is 18.0 Å². The number of hydrogen-bond donors (Lipinski definition) is 1. The summed E-state index contributed by atoms with van der Waals surface area (Å²) in [6, 6.07) is 12.3. The lowest BCUT2D eigenvalue weighted by Crippen LogP contribution is -2.27. The largest absolute Gasteiger partial charge is 0.493 e. The van der Waals surface area contributed by atoms with E-state index < -0.39 is 5.91 Å². The lowest BCUT2D eigenvalue weighted by Gasteiger charge is -2.11. The summed E-state index contributed by atoms with van der Waals surface area (Å²) in [5.41, 5.74) is 3.88. The Labute approximate surface area is 167 Å². The molecule has 3 rings (SSSR count). The van der Waals surface area contributed by atoms with Crippen LogP contribution < -0.4 is 20.5 Å². The van der Waals surface area contributed by atoms with E-state index in [0.717, 1.165) is 10.2 Å². The summed E-state index contributed by atoms with van der Waals surface area (Å²) in [5, 5.41) is 9.29. The summed E-state index contributed by atoms with van der Waals surface area (Å²) in [7, 11) is 4.63. The SMILES string of the molecule is CC/C(=N\NC(=O)c1nn(C)c(=O)c2ccccc12)c1ccc(OC)c(OC)c1. The van der Waals surface area contributed by atoms with Crippen LogP contribution in [0.2, 0.25) is 0 Å². The highest BCUT2D eigenvalue weighted by Crippen LogP contribution is 2.28. The van der Waals surface area contributed by atoms with Gasteiger partial charge in [-0.15, -0.1) is 0 Å². The molecular formula is C21H22N4O4. The molecule has 1 aromatic heterocycles. The number of amides is 1. The molecule has 0 aliphatic heterocycles. The van der Waals surface area contributed by atoms with Gasteiger partial charge in [0.05, 0.1) is 25.3 Å². The van der Waals surface area contributed by atoms with Crippen molar-refractivity contribution >= 4 is 22.4 Å². The molecule has 0 radical (unpaired) electrons. The van der Waals surface area contributed by atoms with E-state index in [0.29, 0.717) is 34.4 Å². The summed E-state index contributed by atoms with van der Waals surface area (Å²) in [5.74, 6) is 0.683. The number of aromatic nitrogens is 2. The molecule has 1 N–H and O–H groups in total. The van der Waals surface area contributed by atoms with Gasteiger partial charge >= 0.3 is 0 Å². The van der Waals surface area contributed by atoms with Crippen molar-refractivity contribution < 1.29 is 14.3 Å². The predicted octanol–water partition coefficient (Wildman–Crippen LogP) is 2.49. The number of ether oxygens (including phenoxy) is 2. The minimum atomic E-state index is -0.497. The van der Waals surface area contributed by atoms with Crippen molar-refractivity contribution in [3.05, 3.63) is 64.1 Å². The molecule has 0 aliphatic rings. The fourth-order valence-electron chi connectivity index (χ4n) is 3.00. The summed E-state index contributed by atoms with van der Waals surface area (Å²) >= 11 is 0. The van der Waals surface area contributed by atoms with Crippen LogP contribution in [-0.2, 0) is 7.05 Å². The van der Waals surface area contributed by atoms with E-state index in [1.54, 1.807) is 50.6 Å². The highest BCUT2D eigenvalue weighted by atomic mass is 16.5. The van der Waals surface area contributed by atoms with Gasteiger partial charge in [0.15, 0.2) is 17.2 Å². The summed E-state index contributed by atoms with van der Waals surface area (Å²) < 4.78 is 11.7. The maximum atomic E-state index is 12.8. The van der Waals surface area contributed by atoms with Gasteiger partial charge in [-0.05, 0) is 30.7 Å². The first-order chi connectivity index (χ1) is 14.0. The Morgan fingerprint density at radius 1 is 1.10 bits per heavy atom. The molecule has 1 heterocycles. The predicted molar refractivity (Wildman–Crippen MR) is 111 cm³/mol. The zero-order chi connectivity index (χ0) is 21.0. The van der Waals surface area contributed by atoms with E-state index in [1.807, 2.05) is 13.0 Å². The van der Waals surface area contributed by atoms with Gasteiger partial charge in [0.25, 0.3) is 11.5 Å². The van der Waals surface area contributed by atoms with E-state index in [2.05, 4.69) is 15.6 Å². The van der Waals surface area contributed by atoms with Crippen LogP contribution in [0.25, 0.3) is 10.8 Å². The van der Waals surface area contributed by atoms with Crippen molar-refractivity contribution in [2.75, 3.05) is 14.2 Å². The number of fused-ring (bicyclic) bond motifs is 1. The number of carbonyl (C=O) groups is 1.